The molecule has 2 heterocycles. The van der Waals surface area contributed by atoms with Crippen molar-refractivity contribution in [1.82, 2.24) is 24.4 Å². The summed E-state index contributed by atoms with van der Waals surface area (Å²) in [4.78, 5) is 47.2. The Morgan fingerprint density at radius 2 is 1.75 bits per heavy atom. The number of fused-ring (bicyclic) bond motifs is 1. The number of carbonyl (C=O) groups is 1. The third-order valence-electron chi connectivity index (χ3n) is 5.01. The van der Waals surface area contributed by atoms with Crippen LogP contribution in [0, 0.1) is 0 Å². The molecule has 0 unspecified atom stereocenters. The molecule has 4 rings (SSSR count). The standard InChI is InChI=1S/C23H20ClN5O3/c1-2-28-21-18(13-26-20(27-21)16-6-4-3-5-7-16)22(31)29(23(28)32)14-19(30)25-12-15-8-10-17(24)11-9-15/h3-11,13H,2,12,14H2,1H3,(H,25,30). The van der Waals surface area contributed by atoms with Crippen LogP contribution in [0.2, 0.25) is 5.02 Å². The van der Waals surface area contributed by atoms with Gasteiger partial charge in [-0.25, -0.2) is 14.8 Å². The van der Waals surface area contributed by atoms with E-state index in [9.17, 15) is 14.4 Å². The van der Waals surface area contributed by atoms with Gasteiger partial charge in [0.05, 0.1) is 0 Å². The van der Waals surface area contributed by atoms with Crippen LogP contribution in [0.25, 0.3) is 22.4 Å². The summed E-state index contributed by atoms with van der Waals surface area (Å²) >= 11 is 5.86. The van der Waals surface area contributed by atoms with Gasteiger partial charge in [0.2, 0.25) is 5.91 Å². The molecule has 2 aromatic heterocycles. The predicted octanol–water partition coefficient (Wildman–Crippen LogP) is 2.61. The first-order valence-electron chi connectivity index (χ1n) is 10.0. The number of rotatable bonds is 6. The van der Waals surface area contributed by atoms with Gasteiger partial charge in [-0.15, -0.1) is 0 Å². The Bertz CT molecular complexity index is 1400. The first kappa shape index (κ1) is 21.5. The van der Waals surface area contributed by atoms with E-state index < -0.39 is 23.7 Å². The fourth-order valence-electron chi connectivity index (χ4n) is 3.35. The van der Waals surface area contributed by atoms with Crippen molar-refractivity contribution in [2.24, 2.45) is 0 Å². The van der Waals surface area contributed by atoms with Crippen LogP contribution >= 0.6 is 11.6 Å². The Kier molecular flexibility index (Phi) is 6.13. The lowest BCUT2D eigenvalue weighted by atomic mass is 10.2. The van der Waals surface area contributed by atoms with Crippen molar-refractivity contribution in [3.63, 3.8) is 0 Å². The number of aromatic nitrogens is 4. The molecule has 0 spiro atoms. The molecule has 0 radical (unpaired) electrons. The molecule has 0 saturated carbocycles. The van der Waals surface area contributed by atoms with Crippen molar-refractivity contribution in [2.75, 3.05) is 0 Å². The van der Waals surface area contributed by atoms with Crippen LogP contribution in [-0.2, 0) is 24.4 Å². The maximum Gasteiger partial charge on any atom is 0.333 e. The number of carbonyl (C=O) groups excluding carboxylic acids is 1. The number of nitrogens with one attached hydrogen (secondary N) is 1. The minimum atomic E-state index is -0.601. The molecule has 2 aromatic carbocycles. The number of nitrogens with zero attached hydrogens (tertiary/aromatic N) is 4. The fraction of sp³-hybridized carbons (Fsp3) is 0.174. The molecule has 1 amide bonds. The van der Waals surface area contributed by atoms with Crippen molar-refractivity contribution in [1.29, 1.82) is 0 Å². The summed E-state index contributed by atoms with van der Waals surface area (Å²) in [5, 5.41) is 3.49. The van der Waals surface area contributed by atoms with E-state index in [-0.39, 0.29) is 24.1 Å². The lowest BCUT2D eigenvalue weighted by Crippen LogP contribution is -2.44. The summed E-state index contributed by atoms with van der Waals surface area (Å²) in [5.41, 5.74) is 0.672. The van der Waals surface area contributed by atoms with Crippen molar-refractivity contribution >= 4 is 28.5 Å². The quantitative estimate of drug-likeness (QED) is 0.488. The van der Waals surface area contributed by atoms with Gasteiger partial charge >= 0.3 is 5.69 Å². The Morgan fingerprint density at radius 1 is 1.03 bits per heavy atom. The van der Waals surface area contributed by atoms with E-state index in [0.717, 1.165) is 15.7 Å². The third-order valence-corrected chi connectivity index (χ3v) is 5.27. The van der Waals surface area contributed by atoms with Gasteiger partial charge in [-0.1, -0.05) is 54.1 Å². The molecule has 0 bridgehead atoms. The van der Waals surface area contributed by atoms with Gasteiger partial charge < -0.3 is 5.32 Å². The Balaban J connectivity index is 1.66. The van der Waals surface area contributed by atoms with Crippen LogP contribution in [0.1, 0.15) is 12.5 Å². The largest absolute Gasteiger partial charge is 0.350 e. The third kappa shape index (κ3) is 4.31. The number of hydrogen-bond acceptors (Lipinski definition) is 5. The summed E-state index contributed by atoms with van der Waals surface area (Å²) in [5.74, 6) is -0.0412. The summed E-state index contributed by atoms with van der Waals surface area (Å²) in [6.07, 6.45) is 1.40. The van der Waals surface area contributed by atoms with Gasteiger partial charge in [0.1, 0.15) is 11.9 Å². The molecule has 32 heavy (non-hydrogen) atoms. The number of amides is 1. The van der Waals surface area contributed by atoms with E-state index in [1.54, 1.807) is 31.2 Å². The van der Waals surface area contributed by atoms with Gasteiger partial charge in [0.15, 0.2) is 11.5 Å². The molecule has 1 N–H and O–H groups in total. The molecule has 9 heteroatoms. The van der Waals surface area contributed by atoms with E-state index in [1.807, 2.05) is 30.3 Å². The maximum atomic E-state index is 13.0. The zero-order valence-electron chi connectivity index (χ0n) is 17.3. The van der Waals surface area contributed by atoms with E-state index in [2.05, 4.69) is 15.3 Å². The second-order valence-electron chi connectivity index (χ2n) is 7.12. The number of halogens is 1. The predicted molar refractivity (Wildman–Crippen MR) is 122 cm³/mol. The van der Waals surface area contributed by atoms with Crippen LogP contribution in [0.4, 0.5) is 0 Å². The van der Waals surface area contributed by atoms with Gasteiger partial charge in [-0.2, -0.15) is 0 Å². The van der Waals surface area contributed by atoms with E-state index in [4.69, 9.17) is 11.6 Å². The Morgan fingerprint density at radius 3 is 2.44 bits per heavy atom. The van der Waals surface area contributed by atoms with Crippen LogP contribution in [0.15, 0.2) is 70.4 Å². The lowest BCUT2D eigenvalue weighted by Gasteiger charge is -2.13. The zero-order chi connectivity index (χ0) is 22.7. The topological polar surface area (TPSA) is 98.9 Å². The number of benzene rings is 2. The second kappa shape index (κ2) is 9.15. The molecule has 4 aromatic rings. The van der Waals surface area contributed by atoms with Crippen LogP contribution < -0.4 is 16.6 Å². The van der Waals surface area contributed by atoms with Crippen molar-refractivity contribution in [3.05, 3.63) is 92.2 Å². The van der Waals surface area contributed by atoms with Gasteiger partial charge in [0, 0.05) is 29.9 Å². The molecule has 0 aliphatic carbocycles. The van der Waals surface area contributed by atoms with E-state index in [0.29, 0.717) is 10.8 Å². The molecular weight excluding hydrogens is 430 g/mol. The van der Waals surface area contributed by atoms with Gasteiger partial charge in [0.25, 0.3) is 5.56 Å². The normalized spacial score (nSPS) is 10.9. The molecule has 0 aliphatic rings. The highest BCUT2D eigenvalue weighted by atomic mass is 35.5. The molecule has 0 fully saturated rings. The van der Waals surface area contributed by atoms with Crippen molar-refractivity contribution < 1.29 is 4.79 Å². The van der Waals surface area contributed by atoms with Crippen molar-refractivity contribution in [2.45, 2.75) is 26.6 Å². The van der Waals surface area contributed by atoms with Gasteiger partial charge in [-0.05, 0) is 24.6 Å². The van der Waals surface area contributed by atoms with Crippen LogP contribution in [0.3, 0.4) is 0 Å². The Hall–Kier alpha value is -3.78. The highest BCUT2D eigenvalue weighted by Crippen LogP contribution is 2.16. The Labute approximate surface area is 188 Å². The monoisotopic (exact) mass is 449 g/mol. The molecule has 8 nitrogen and oxygen atoms in total. The summed E-state index contributed by atoms with van der Waals surface area (Å²) in [6, 6.07) is 16.3. The van der Waals surface area contributed by atoms with Crippen LogP contribution in [-0.4, -0.2) is 25.0 Å². The minimum absolute atomic E-state index is 0.177. The lowest BCUT2D eigenvalue weighted by molar-refractivity contribution is -0.121. The number of hydrogen-bond donors (Lipinski definition) is 1. The first-order chi connectivity index (χ1) is 15.5. The summed E-state index contributed by atoms with van der Waals surface area (Å²) in [7, 11) is 0. The minimum Gasteiger partial charge on any atom is -0.350 e. The highest BCUT2D eigenvalue weighted by molar-refractivity contribution is 6.30. The second-order valence-corrected chi connectivity index (χ2v) is 7.55. The van der Waals surface area contributed by atoms with Crippen molar-refractivity contribution in [3.8, 4) is 11.4 Å². The molecule has 0 aliphatic heterocycles. The molecular formula is C23H20ClN5O3. The fourth-order valence-corrected chi connectivity index (χ4v) is 3.48. The summed E-state index contributed by atoms with van der Waals surface area (Å²) < 4.78 is 2.28. The SMILES string of the molecule is CCn1c(=O)n(CC(=O)NCc2ccc(Cl)cc2)c(=O)c2cnc(-c3ccccc3)nc21. The van der Waals surface area contributed by atoms with E-state index >= 15 is 0 Å². The molecule has 0 atom stereocenters. The summed E-state index contributed by atoms with van der Waals surface area (Å²) in [6.45, 7) is 1.92. The van der Waals surface area contributed by atoms with Gasteiger partial charge in [-0.3, -0.25) is 18.7 Å². The van der Waals surface area contributed by atoms with E-state index in [1.165, 1.54) is 10.8 Å². The average Bonchev–Trinajstić information content (AvgIpc) is 2.82. The van der Waals surface area contributed by atoms with Crippen LogP contribution in [0.5, 0.6) is 0 Å². The average molecular weight is 450 g/mol. The first-order valence-corrected chi connectivity index (χ1v) is 10.4. The smallest absolute Gasteiger partial charge is 0.333 e. The maximum absolute atomic E-state index is 13.0. The molecule has 162 valence electrons. The zero-order valence-corrected chi connectivity index (χ0v) is 18.0. The highest BCUT2D eigenvalue weighted by Gasteiger charge is 2.17. The number of aryl methyl sites for hydroxylation is 1. The molecule has 0 saturated heterocycles.